The molecular weight excluding hydrogens is 262 g/mol. The second-order valence-electron chi connectivity index (χ2n) is 6.39. The van der Waals surface area contributed by atoms with Crippen molar-refractivity contribution < 1.29 is 9.47 Å². The number of nitrogens with zero attached hydrogens (tertiary/aromatic N) is 1. The van der Waals surface area contributed by atoms with E-state index in [-0.39, 0.29) is 7.43 Å². The molecule has 132 valence electrons. The number of hydrogen-bond acceptors (Lipinski definition) is 3. The lowest BCUT2D eigenvalue weighted by Crippen LogP contribution is -2.18. The third-order valence-corrected chi connectivity index (χ3v) is 2.71. The molecule has 0 radical (unpaired) electrons. The van der Waals surface area contributed by atoms with Gasteiger partial charge in [0.25, 0.3) is 0 Å². The van der Waals surface area contributed by atoms with Crippen LogP contribution in [-0.2, 0) is 9.47 Å². The Morgan fingerprint density at radius 2 is 1.19 bits per heavy atom. The van der Waals surface area contributed by atoms with Crippen molar-refractivity contribution in [1.29, 1.82) is 0 Å². The summed E-state index contributed by atoms with van der Waals surface area (Å²) in [5, 5.41) is 0. The lowest BCUT2D eigenvalue weighted by molar-refractivity contribution is 0.109. The van der Waals surface area contributed by atoms with Gasteiger partial charge in [0.2, 0.25) is 0 Å². The van der Waals surface area contributed by atoms with Gasteiger partial charge in [0, 0.05) is 26.4 Å². The van der Waals surface area contributed by atoms with Gasteiger partial charge in [0.15, 0.2) is 0 Å². The summed E-state index contributed by atoms with van der Waals surface area (Å²) in [6, 6.07) is 0. The molecule has 0 heterocycles. The Balaban J connectivity index is -0.000000300. The van der Waals surface area contributed by atoms with E-state index in [1.165, 1.54) is 12.8 Å². The van der Waals surface area contributed by atoms with Crippen LogP contribution in [0.25, 0.3) is 0 Å². The molecule has 0 bridgehead atoms. The second kappa shape index (κ2) is 19.9. The van der Waals surface area contributed by atoms with Crippen LogP contribution in [-0.4, -0.2) is 52.0 Å². The molecule has 0 aliphatic rings. The third kappa shape index (κ3) is 33.0. The molecule has 0 aromatic rings. The average molecular weight is 306 g/mol. The maximum atomic E-state index is 5.41. The highest BCUT2D eigenvalue weighted by Gasteiger charge is 1.94. The van der Waals surface area contributed by atoms with Crippen molar-refractivity contribution in [3.8, 4) is 0 Å². The molecule has 0 N–H and O–H groups in total. The lowest BCUT2D eigenvalue weighted by Gasteiger charge is -2.10. The van der Waals surface area contributed by atoms with Gasteiger partial charge >= 0.3 is 0 Å². The van der Waals surface area contributed by atoms with E-state index in [0.717, 1.165) is 51.2 Å². The topological polar surface area (TPSA) is 21.7 Å². The van der Waals surface area contributed by atoms with Crippen LogP contribution in [0.5, 0.6) is 0 Å². The summed E-state index contributed by atoms with van der Waals surface area (Å²) in [6.07, 6.45) is 3.51. The van der Waals surface area contributed by atoms with Crippen LogP contribution in [0.2, 0.25) is 0 Å². The van der Waals surface area contributed by atoms with Crippen LogP contribution in [0.15, 0.2) is 0 Å². The van der Waals surface area contributed by atoms with Crippen molar-refractivity contribution >= 4 is 0 Å². The maximum Gasteiger partial charge on any atom is 0.0593 e. The molecule has 3 nitrogen and oxygen atoms in total. The Hall–Kier alpha value is -0.120. The molecule has 0 aliphatic carbocycles. The van der Waals surface area contributed by atoms with Crippen molar-refractivity contribution in [3.63, 3.8) is 0 Å². The lowest BCUT2D eigenvalue weighted by atomic mass is 10.1. The van der Waals surface area contributed by atoms with Crippen LogP contribution in [0.3, 0.4) is 0 Å². The van der Waals surface area contributed by atoms with Crippen molar-refractivity contribution in [1.82, 2.24) is 4.90 Å². The van der Waals surface area contributed by atoms with E-state index in [0.29, 0.717) is 0 Å². The second-order valence-corrected chi connectivity index (χ2v) is 6.39. The first-order valence-corrected chi connectivity index (χ1v) is 8.20. The quantitative estimate of drug-likeness (QED) is 0.516. The van der Waals surface area contributed by atoms with Crippen molar-refractivity contribution in [2.45, 2.75) is 61.3 Å². The molecule has 0 aromatic carbocycles. The Labute approximate surface area is 135 Å². The summed E-state index contributed by atoms with van der Waals surface area (Å²) in [5.41, 5.74) is 0. The van der Waals surface area contributed by atoms with Gasteiger partial charge in [-0.3, -0.25) is 0 Å². The first-order chi connectivity index (χ1) is 9.40. The SMILES string of the molecule is C.CC(C)CCOCCN(C)C.CCCOCCC(C)C. The number of ether oxygens (including phenoxy) is 2. The molecule has 21 heavy (non-hydrogen) atoms. The van der Waals surface area contributed by atoms with E-state index in [2.05, 4.69) is 53.6 Å². The Morgan fingerprint density at radius 3 is 1.52 bits per heavy atom. The minimum absolute atomic E-state index is 0. The normalized spacial score (nSPS) is 10.6. The fourth-order valence-corrected chi connectivity index (χ4v) is 1.23. The van der Waals surface area contributed by atoms with Gasteiger partial charge in [-0.25, -0.2) is 0 Å². The predicted molar refractivity (Wildman–Crippen MR) is 96.1 cm³/mol. The zero-order chi connectivity index (χ0) is 15.8. The van der Waals surface area contributed by atoms with Gasteiger partial charge in [0.1, 0.15) is 0 Å². The summed E-state index contributed by atoms with van der Waals surface area (Å²) in [5.74, 6) is 1.54. The molecule has 0 aliphatic heterocycles. The largest absolute Gasteiger partial charge is 0.381 e. The third-order valence-electron chi connectivity index (χ3n) is 2.71. The minimum atomic E-state index is 0. The smallest absolute Gasteiger partial charge is 0.0593 e. The van der Waals surface area contributed by atoms with Gasteiger partial charge in [-0.1, -0.05) is 42.0 Å². The summed E-state index contributed by atoms with van der Waals surface area (Å²) in [4.78, 5) is 2.13. The molecule has 0 unspecified atom stereocenters. The van der Waals surface area contributed by atoms with E-state index in [1.54, 1.807) is 0 Å². The molecule has 0 spiro atoms. The van der Waals surface area contributed by atoms with Crippen LogP contribution < -0.4 is 0 Å². The average Bonchev–Trinajstić information content (AvgIpc) is 2.34. The van der Waals surface area contributed by atoms with E-state index in [1.807, 2.05) is 0 Å². The number of rotatable bonds is 11. The summed E-state index contributed by atoms with van der Waals surface area (Å²) in [7, 11) is 4.12. The Morgan fingerprint density at radius 1 is 0.762 bits per heavy atom. The summed E-state index contributed by atoms with van der Waals surface area (Å²) >= 11 is 0. The van der Waals surface area contributed by atoms with Gasteiger partial charge in [-0.2, -0.15) is 0 Å². The Bertz CT molecular complexity index is 161. The molecule has 0 amide bonds. The van der Waals surface area contributed by atoms with Crippen molar-refractivity contribution in [2.75, 3.05) is 47.1 Å². The highest BCUT2D eigenvalue weighted by molar-refractivity contribution is 4.44. The van der Waals surface area contributed by atoms with Crippen LogP contribution in [0.1, 0.15) is 61.3 Å². The fraction of sp³-hybridized carbons (Fsp3) is 1.00. The van der Waals surface area contributed by atoms with Crippen molar-refractivity contribution in [2.24, 2.45) is 11.8 Å². The number of hydrogen-bond donors (Lipinski definition) is 0. The molecule has 0 fully saturated rings. The zero-order valence-electron chi connectivity index (χ0n) is 15.1. The van der Waals surface area contributed by atoms with E-state index in [9.17, 15) is 0 Å². The first-order valence-electron chi connectivity index (χ1n) is 8.20. The van der Waals surface area contributed by atoms with E-state index < -0.39 is 0 Å². The molecule has 3 heteroatoms. The van der Waals surface area contributed by atoms with E-state index in [4.69, 9.17) is 9.47 Å². The summed E-state index contributed by atoms with van der Waals surface area (Å²) < 4.78 is 10.7. The summed E-state index contributed by atoms with van der Waals surface area (Å²) in [6.45, 7) is 15.7. The maximum absolute atomic E-state index is 5.41. The monoisotopic (exact) mass is 305 g/mol. The first kappa shape index (κ1) is 25.8. The van der Waals surface area contributed by atoms with Gasteiger partial charge in [0.05, 0.1) is 6.61 Å². The molecule has 0 saturated carbocycles. The zero-order valence-corrected chi connectivity index (χ0v) is 15.1. The molecule has 0 rings (SSSR count). The van der Waals surface area contributed by atoms with Gasteiger partial charge in [-0.15, -0.1) is 0 Å². The van der Waals surface area contributed by atoms with Gasteiger partial charge in [-0.05, 0) is 45.2 Å². The van der Waals surface area contributed by atoms with E-state index >= 15 is 0 Å². The number of likely N-dealkylation sites (N-methyl/N-ethyl adjacent to an activating group) is 1. The highest BCUT2D eigenvalue weighted by atomic mass is 16.5. The molecular formula is C18H43NO2. The molecule has 0 aromatic heterocycles. The molecule has 0 saturated heterocycles. The Kier molecular flexibility index (Phi) is 24.4. The molecule has 0 atom stereocenters. The van der Waals surface area contributed by atoms with Crippen LogP contribution in [0, 0.1) is 11.8 Å². The van der Waals surface area contributed by atoms with Gasteiger partial charge < -0.3 is 14.4 Å². The predicted octanol–water partition coefficient (Wildman–Crippen LogP) is 4.71. The van der Waals surface area contributed by atoms with Crippen LogP contribution >= 0.6 is 0 Å². The standard InChI is InChI=1S/C9H21NO.C8H18O.CH4/c1-9(2)5-7-11-8-6-10(3)4;1-4-6-9-7-5-8(2)3;/h9H,5-8H2,1-4H3;8H,4-7H2,1-3H3;1H4. The highest BCUT2D eigenvalue weighted by Crippen LogP contribution is 1.99. The van der Waals surface area contributed by atoms with Crippen molar-refractivity contribution in [3.05, 3.63) is 0 Å². The fourth-order valence-electron chi connectivity index (χ4n) is 1.23. The minimum Gasteiger partial charge on any atom is -0.381 e. The van der Waals surface area contributed by atoms with Crippen LogP contribution in [0.4, 0.5) is 0 Å².